The Morgan fingerprint density at radius 3 is 2.70 bits per heavy atom. The quantitative estimate of drug-likeness (QED) is 0.799. The molecular weight excluding hydrogens is 344 g/mol. The highest BCUT2D eigenvalue weighted by Crippen LogP contribution is 2.31. The lowest BCUT2D eigenvalue weighted by Gasteiger charge is -2.21. The van der Waals surface area contributed by atoms with E-state index >= 15 is 0 Å². The number of carbonyl (C=O) groups excluding carboxylic acids is 2. The fourth-order valence-corrected chi connectivity index (χ4v) is 3.77. The number of nitrogens with one attached hydrogen (secondary N) is 1. The normalized spacial score (nSPS) is 17.0. The van der Waals surface area contributed by atoms with Gasteiger partial charge in [0.1, 0.15) is 5.52 Å². The first kappa shape index (κ1) is 19.3. The van der Waals surface area contributed by atoms with Gasteiger partial charge in [0, 0.05) is 50.8 Å². The van der Waals surface area contributed by atoms with Gasteiger partial charge in [0.25, 0.3) is 0 Å². The molecule has 2 amide bonds. The molecule has 27 heavy (non-hydrogen) atoms. The van der Waals surface area contributed by atoms with Crippen molar-refractivity contribution in [1.82, 2.24) is 30.0 Å². The van der Waals surface area contributed by atoms with Crippen molar-refractivity contribution in [2.75, 3.05) is 19.6 Å². The van der Waals surface area contributed by atoms with E-state index in [2.05, 4.69) is 29.1 Å². The van der Waals surface area contributed by atoms with Crippen molar-refractivity contribution in [2.45, 2.75) is 52.5 Å². The molecule has 0 spiro atoms. The van der Waals surface area contributed by atoms with Crippen molar-refractivity contribution in [2.24, 2.45) is 5.92 Å². The van der Waals surface area contributed by atoms with Gasteiger partial charge in [-0.15, -0.1) is 0 Å². The van der Waals surface area contributed by atoms with Crippen LogP contribution in [-0.2, 0) is 16.1 Å². The molecule has 8 heteroatoms. The van der Waals surface area contributed by atoms with E-state index in [4.69, 9.17) is 5.10 Å². The molecule has 1 saturated heterocycles. The number of nitrogens with zero attached hydrogens (tertiary/aromatic N) is 5. The average Bonchev–Trinajstić information content (AvgIpc) is 3.28. The Morgan fingerprint density at radius 1 is 1.26 bits per heavy atom. The molecule has 1 fully saturated rings. The smallest absolute Gasteiger partial charge is 0.225 e. The van der Waals surface area contributed by atoms with Gasteiger partial charge in [0.15, 0.2) is 5.65 Å². The number of carbonyl (C=O) groups is 2. The van der Waals surface area contributed by atoms with Crippen molar-refractivity contribution >= 4 is 23.0 Å². The van der Waals surface area contributed by atoms with Crippen molar-refractivity contribution in [3.05, 3.63) is 18.1 Å². The third-order valence-corrected chi connectivity index (χ3v) is 5.31. The number of rotatable bonds is 7. The lowest BCUT2D eigenvalue weighted by atomic mass is 10.0. The van der Waals surface area contributed by atoms with E-state index in [0.717, 1.165) is 42.7 Å². The van der Waals surface area contributed by atoms with Crippen LogP contribution in [0.25, 0.3) is 11.2 Å². The van der Waals surface area contributed by atoms with Crippen LogP contribution in [0.2, 0.25) is 0 Å². The summed E-state index contributed by atoms with van der Waals surface area (Å²) in [6.07, 6.45) is 5.97. The van der Waals surface area contributed by atoms with Gasteiger partial charge in [-0.1, -0.05) is 13.8 Å². The highest BCUT2D eigenvalue weighted by molar-refractivity contribution is 5.79. The third-order valence-electron chi connectivity index (χ3n) is 5.31. The summed E-state index contributed by atoms with van der Waals surface area (Å²) >= 11 is 0. The van der Waals surface area contributed by atoms with Gasteiger partial charge in [0.05, 0.1) is 12.2 Å². The van der Waals surface area contributed by atoms with Crippen molar-refractivity contribution < 1.29 is 9.59 Å². The highest BCUT2D eigenvalue weighted by atomic mass is 16.2. The maximum atomic E-state index is 12.7. The first-order chi connectivity index (χ1) is 13.0. The van der Waals surface area contributed by atoms with Crippen molar-refractivity contribution in [3.63, 3.8) is 0 Å². The van der Waals surface area contributed by atoms with Gasteiger partial charge in [-0.25, -0.2) is 14.6 Å². The molecule has 3 heterocycles. The van der Waals surface area contributed by atoms with Crippen molar-refractivity contribution in [1.29, 1.82) is 0 Å². The minimum Gasteiger partial charge on any atom is -0.354 e. The van der Waals surface area contributed by atoms with E-state index in [1.54, 1.807) is 17.1 Å². The molecule has 146 valence electrons. The maximum Gasteiger partial charge on any atom is 0.225 e. The van der Waals surface area contributed by atoms with E-state index in [1.165, 1.54) is 6.92 Å². The summed E-state index contributed by atoms with van der Waals surface area (Å²) in [4.78, 5) is 34.7. The second-order valence-electron chi connectivity index (χ2n) is 7.10. The summed E-state index contributed by atoms with van der Waals surface area (Å²) in [6, 6.07) is 0. The largest absolute Gasteiger partial charge is 0.354 e. The first-order valence-electron chi connectivity index (χ1n) is 9.75. The zero-order valence-corrected chi connectivity index (χ0v) is 16.3. The first-order valence-corrected chi connectivity index (χ1v) is 9.75. The predicted octanol–water partition coefficient (Wildman–Crippen LogP) is 1.71. The zero-order chi connectivity index (χ0) is 19.4. The summed E-state index contributed by atoms with van der Waals surface area (Å²) in [5.41, 5.74) is 2.42. The standard InChI is InChI=1S/C19H28N6O2/c1-4-14(5-2)19(27)24-10-6-15(12-24)16-17-18(22-8-7-21-17)25(23-16)11-9-20-13(3)26/h7-8,14-15H,4-6,9-12H2,1-3H3,(H,20,26)/t15-/m1/s1. The van der Waals surface area contributed by atoms with Crippen molar-refractivity contribution in [3.8, 4) is 0 Å². The molecular formula is C19H28N6O2. The minimum absolute atomic E-state index is 0.0656. The van der Waals surface area contributed by atoms with E-state index < -0.39 is 0 Å². The van der Waals surface area contributed by atoms with Crippen LogP contribution in [0.15, 0.2) is 12.4 Å². The molecule has 1 N–H and O–H groups in total. The van der Waals surface area contributed by atoms with Crippen LogP contribution in [0.1, 0.15) is 51.6 Å². The molecule has 0 unspecified atom stereocenters. The molecule has 1 aliphatic rings. The Bertz CT molecular complexity index is 814. The molecule has 2 aromatic heterocycles. The molecule has 0 saturated carbocycles. The molecule has 0 bridgehead atoms. The zero-order valence-electron chi connectivity index (χ0n) is 16.3. The molecule has 8 nitrogen and oxygen atoms in total. The van der Waals surface area contributed by atoms with Gasteiger partial charge in [-0.3, -0.25) is 9.59 Å². The summed E-state index contributed by atoms with van der Waals surface area (Å²) in [7, 11) is 0. The Morgan fingerprint density at radius 2 is 2.00 bits per heavy atom. The number of hydrogen-bond acceptors (Lipinski definition) is 5. The lowest BCUT2D eigenvalue weighted by Crippen LogP contribution is -2.33. The topological polar surface area (TPSA) is 93.0 Å². The summed E-state index contributed by atoms with van der Waals surface area (Å²) in [5, 5.41) is 7.53. The highest BCUT2D eigenvalue weighted by Gasteiger charge is 2.33. The fourth-order valence-electron chi connectivity index (χ4n) is 3.77. The van der Waals surface area contributed by atoms with Gasteiger partial charge in [-0.2, -0.15) is 5.10 Å². The molecule has 3 rings (SSSR count). The molecule has 0 radical (unpaired) electrons. The summed E-state index contributed by atoms with van der Waals surface area (Å²) in [5.74, 6) is 0.465. The second kappa shape index (κ2) is 8.45. The Hall–Kier alpha value is -2.51. The van der Waals surface area contributed by atoms with Gasteiger partial charge in [0.2, 0.25) is 11.8 Å². The molecule has 0 aromatic carbocycles. The van der Waals surface area contributed by atoms with Crippen LogP contribution < -0.4 is 5.32 Å². The van der Waals surface area contributed by atoms with E-state index in [-0.39, 0.29) is 23.7 Å². The Balaban J connectivity index is 1.79. The van der Waals surface area contributed by atoms with Crippen LogP contribution in [0, 0.1) is 5.92 Å². The van der Waals surface area contributed by atoms with Gasteiger partial charge < -0.3 is 10.2 Å². The number of likely N-dealkylation sites (tertiary alicyclic amines) is 1. The molecule has 1 aliphatic heterocycles. The number of fused-ring (bicyclic) bond motifs is 1. The van der Waals surface area contributed by atoms with E-state index in [9.17, 15) is 9.59 Å². The van der Waals surface area contributed by atoms with E-state index in [1.807, 2.05) is 4.90 Å². The summed E-state index contributed by atoms with van der Waals surface area (Å²) in [6.45, 7) is 8.11. The molecule has 1 atom stereocenters. The third kappa shape index (κ3) is 4.09. The van der Waals surface area contributed by atoms with Crippen LogP contribution >= 0.6 is 0 Å². The average molecular weight is 372 g/mol. The molecule has 2 aromatic rings. The van der Waals surface area contributed by atoms with Gasteiger partial charge >= 0.3 is 0 Å². The van der Waals surface area contributed by atoms with Gasteiger partial charge in [-0.05, 0) is 19.3 Å². The number of aromatic nitrogens is 4. The summed E-state index contributed by atoms with van der Waals surface area (Å²) < 4.78 is 1.80. The fraction of sp³-hybridized carbons (Fsp3) is 0.632. The lowest BCUT2D eigenvalue weighted by molar-refractivity contribution is -0.134. The van der Waals surface area contributed by atoms with Crippen LogP contribution in [-0.4, -0.2) is 56.1 Å². The Kier molecular flexibility index (Phi) is 6.03. The molecule has 0 aliphatic carbocycles. The van der Waals surface area contributed by atoms with Crippen LogP contribution in [0.3, 0.4) is 0 Å². The Labute approximate surface area is 159 Å². The van der Waals surface area contributed by atoms with E-state index in [0.29, 0.717) is 19.6 Å². The predicted molar refractivity (Wildman–Crippen MR) is 102 cm³/mol. The SMILES string of the molecule is CCC(CC)C(=O)N1CC[C@@H](c2nn(CCNC(C)=O)c3nccnc23)C1. The number of hydrogen-bond donors (Lipinski definition) is 1. The maximum absolute atomic E-state index is 12.7. The van der Waals surface area contributed by atoms with Crippen LogP contribution in [0.5, 0.6) is 0 Å². The van der Waals surface area contributed by atoms with Crippen LogP contribution in [0.4, 0.5) is 0 Å². The second-order valence-corrected chi connectivity index (χ2v) is 7.10. The minimum atomic E-state index is -0.0656. The number of amides is 2. The monoisotopic (exact) mass is 372 g/mol.